The minimum atomic E-state index is -0.741. The summed E-state index contributed by atoms with van der Waals surface area (Å²) in [4.78, 5) is 15.2. The molecule has 6 heteroatoms. The Kier molecular flexibility index (Phi) is 7.42. The number of para-hydroxylation sites is 1. The van der Waals surface area contributed by atoms with Gasteiger partial charge in [0.2, 0.25) is 0 Å². The number of carboxylic acids is 1. The van der Waals surface area contributed by atoms with E-state index in [2.05, 4.69) is 56.0 Å². The molecule has 0 aliphatic heterocycles. The van der Waals surface area contributed by atoms with E-state index in [1.54, 1.807) is 0 Å². The van der Waals surface area contributed by atoms with E-state index in [0.29, 0.717) is 19.6 Å². The molecule has 0 saturated carbocycles. The molecule has 0 aliphatic carbocycles. The summed E-state index contributed by atoms with van der Waals surface area (Å²) in [6, 6.07) is 16.4. The second-order valence-electron chi connectivity index (χ2n) is 7.12. The highest BCUT2D eigenvalue weighted by atomic mass is 31.0. The first-order valence-corrected chi connectivity index (χ1v) is 10.4. The zero-order chi connectivity index (χ0) is 20.6. The summed E-state index contributed by atoms with van der Waals surface area (Å²) in [6.07, 6.45) is 4.47. The topological polar surface area (TPSA) is 64.4 Å². The summed E-state index contributed by atoms with van der Waals surface area (Å²) in [7, 11) is 2.75. The van der Waals surface area contributed by atoms with E-state index >= 15 is 0 Å². The number of aryl methyl sites for hydroxylation is 1. The number of rotatable bonds is 10. The third-order valence-corrected chi connectivity index (χ3v) is 5.25. The van der Waals surface area contributed by atoms with Crippen molar-refractivity contribution in [2.45, 2.75) is 39.2 Å². The van der Waals surface area contributed by atoms with Crippen LogP contribution in [0.25, 0.3) is 11.4 Å². The van der Waals surface area contributed by atoms with Crippen LogP contribution in [0, 0.1) is 6.92 Å². The minimum absolute atomic E-state index is 0.218. The number of carboxylic acid groups (broad SMARTS) is 1. The lowest BCUT2D eigenvalue weighted by Gasteiger charge is -2.15. The number of ether oxygens (including phenoxy) is 1. The highest BCUT2D eigenvalue weighted by Gasteiger charge is 2.12. The molecule has 0 saturated heterocycles. The predicted octanol–water partition coefficient (Wildman–Crippen LogP) is 4.43. The quantitative estimate of drug-likeness (QED) is 0.397. The van der Waals surface area contributed by atoms with Crippen molar-refractivity contribution in [1.82, 2.24) is 9.55 Å². The molecule has 0 bridgehead atoms. The first-order chi connectivity index (χ1) is 14.0. The molecule has 5 nitrogen and oxygen atoms in total. The van der Waals surface area contributed by atoms with Crippen LogP contribution < -0.4 is 10.2 Å². The first kappa shape index (κ1) is 21.1. The average Bonchev–Trinajstić information content (AvgIpc) is 3.06. The maximum Gasteiger partial charge on any atom is 0.303 e. The highest BCUT2D eigenvalue weighted by molar-refractivity contribution is 7.27. The van der Waals surface area contributed by atoms with Crippen LogP contribution in [0.1, 0.15) is 36.8 Å². The second kappa shape index (κ2) is 10.2. The molecule has 29 heavy (non-hydrogen) atoms. The zero-order valence-electron chi connectivity index (χ0n) is 16.7. The molecular formula is C23H27N2O3P. The van der Waals surface area contributed by atoms with Gasteiger partial charge >= 0.3 is 5.97 Å². The monoisotopic (exact) mass is 410 g/mol. The summed E-state index contributed by atoms with van der Waals surface area (Å²) in [5.41, 5.74) is 4.42. The first-order valence-electron chi connectivity index (χ1n) is 9.85. The fourth-order valence-corrected chi connectivity index (χ4v) is 3.46. The molecule has 1 atom stereocenters. The fraction of sp³-hybridized carbons (Fsp3) is 0.304. The van der Waals surface area contributed by atoms with Crippen molar-refractivity contribution in [3.8, 4) is 17.1 Å². The molecule has 1 N–H and O–H groups in total. The summed E-state index contributed by atoms with van der Waals surface area (Å²) in [6.45, 7) is 3.32. The number of hydrogen-bond acceptors (Lipinski definition) is 3. The Hall–Kier alpha value is -2.65. The molecule has 1 aromatic heterocycles. The summed E-state index contributed by atoms with van der Waals surface area (Å²) < 4.78 is 8.18. The van der Waals surface area contributed by atoms with Gasteiger partial charge in [0.1, 0.15) is 11.6 Å². The van der Waals surface area contributed by atoms with Crippen molar-refractivity contribution in [1.29, 1.82) is 0 Å². The fourth-order valence-electron chi connectivity index (χ4n) is 3.17. The molecule has 0 fully saturated rings. The molecule has 152 valence electrons. The van der Waals surface area contributed by atoms with Gasteiger partial charge in [-0.1, -0.05) is 57.3 Å². The number of benzene rings is 2. The van der Waals surface area contributed by atoms with Crippen LogP contribution in [0.3, 0.4) is 0 Å². The Morgan fingerprint density at radius 2 is 1.86 bits per heavy atom. The van der Waals surface area contributed by atoms with E-state index in [0.717, 1.165) is 41.0 Å². The molecule has 3 aromatic rings. The standard InChI is InChI=1S/C23H27N2O3P/c1-17-10-12-18(13-11-17)23-24-15-21(29)25(23)16-19-7-4-5-8-20(19)28-14-6-2-3-9-22(26)27/h4-5,7-8,10-13,15H,2-3,6,9,14,16,29H2,1H3,(H,26,27). The van der Waals surface area contributed by atoms with E-state index in [9.17, 15) is 4.79 Å². The number of imidazole rings is 1. The van der Waals surface area contributed by atoms with Crippen LogP contribution >= 0.6 is 9.24 Å². The molecule has 2 aromatic carbocycles. The third kappa shape index (κ3) is 5.91. The Bertz CT molecular complexity index is 951. The third-order valence-electron chi connectivity index (χ3n) is 4.79. The van der Waals surface area contributed by atoms with Gasteiger partial charge in [-0.3, -0.25) is 4.79 Å². The Morgan fingerprint density at radius 1 is 1.10 bits per heavy atom. The average molecular weight is 410 g/mol. The molecule has 0 aliphatic rings. The Balaban J connectivity index is 1.69. The van der Waals surface area contributed by atoms with E-state index in [1.165, 1.54) is 5.56 Å². The van der Waals surface area contributed by atoms with Crippen molar-refractivity contribution < 1.29 is 14.6 Å². The molecule has 0 amide bonds. The van der Waals surface area contributed by atoms with Crippen LogP contribution in [0.15, 0.2) is 54.7 Å². The van der Waals surface area contributed by atoms with Crippen molar-refractivity contribution in [3.05, 3.63) is 65.9 Å². The van der Waals surface area contributed by atoms with E-state index < -0.39 is 5.97 Å². The number of nitrogens with zero attached hydrogens (tertiary/aromatic N) is 2. The van der Waals surface area contributed by atoms with Crippen molar-refractivity contribution in [2.24, 2.45) is 0 Å². The normalized spacial score (nSPS) is 10.8. The lowest BCUT2D eigenvalue weighted by atomic mass is 10.1. The van der Waals surface area contributed by atoms with Crippen LogP contribution in [0.4, 0.5) is 0 Å². The van der Waals surface area contributed by atoms with Crippen LogP contribution in [0.5, 0.6) is 5.75 Å². The predicted molar refractivity (Wildman–Crippen MR) is 119 cm³/mol. The van der Waals surface area contributed by atoms with Gasteiger partial charge in [-0.2, -0.15) is 0 Å². The summed E-state index contributed by atoms with van der Waals surface area (Å²) >= 11 is 0. The number of aromatic nitrogens is 2. The molecule has 1 unspecified atom stereocenters. The minimum Gasteiger partial charge on any atom is -0.493 e. The molecule has 0 spiro atoms. The van der Waals surface area contributed by atoms with Gasteiger partial charge in [0, 0.05) is 17.5 Å². The van der Waals surface area contributed by atoms with Crippen LogP contribution in [0.2, 0.25) is 0 Å². The molecule has 1 heterocycles. The largest absolute Gasteiger partial charge is 0.493 e. The molecule has 0 radical (unpaired) electrons. The smallest absolute Gasteiger partial charge is 0.303 e. The van der Waals surface area contributed by atoms with Gasteiger partial charge in [0.05, 0.1) is 24.8 Å². The van der Waals surface area contributed by atoms with E-state index in [1.807, 2.05) is 24.4 Å². The molecular weight excluding hydrogens is 383 g/mol. The highest BCUT2D eigenvalue weighted by Crippen LogP contribution is 2.24. The number of aliphatic carboxylic acids is 1. The molecule has 3 rings (SSSR count). The lowest BCUT2D eigenvalue weighted by Crippen LogP contribution is -2.13. The Labute approximate surface area is 174 Å². The van der Waals surface area contributed by atoms with Gasteiger partial charge in [0.15, 0.2) is 0 Å². The number of unbranched alkanes of at least 4 members (excludes halogenated alkanes) is 2. The number of hydrogen-bond donors (Lipinski definition) is 1. The summed E-state index contributed by atoms with van der Waals surface area (Å²) in [5, 5.41) is 8.71. The van der Waals surface area contributed by atoms with Gasteiger partial charge in [-0.15, -0.1) is 0 Å². The lowest BCUT2D eigenvalue weighted by molar-refractivity contribution is -0.137. The second-order valence-corrected chi connectivity index (χ2v) is 7.71. The van der Waals surface area contributed by atoms with Crippen molar-refractivity contribution >= 4 is 20.6 Å². The summed E-state index contributed by atoms with van der Waals surface area (Å²) in [5.74, 6) is 1.05. The van der Waals surface area contributed by atoms with E-state index in [-0.39, 0.29) is 6.42 Å². The van der Waals surface area contributed by atoms with Crippen LogP contribution in [-0.2, 0) is 11.3 Å². The van der Waals surface area contributed by atoms with Gasteiger partial charge in [-0.05, 0) is 32.3 Å². The van der Waals surface area contributed by atoms with E-state index in [4.69, 9.17) is 9.84 Å². The maximum absolute atomic E-state index is 10.6. The zero-order valence-corrected chi connectivity index (χ0v) is 17.8. The van der Waals surface area contributed by atoms with Gasteiger partial charge in [-0.25, -0.2) is 4.98 Å². The maximum atomic E-state index is 10.6. The Morgan fingerprint density at radius 3 is 2.62 bits per heavy atom. The van der Waals surface area contributed by atoms with Gasteiger partial charge < -0.3 is 14.4 Å². The number of carbonyl (C=O) groups is 1. The van der Waals surface area contributed by atoms with Crippen molar-refractivity contribution in [3.63, 3.8) is 0 Å². The van der Waals surface area contributed by atoms with Gasteiger partial charge in [0.25, 0.3) is 0 Å². The SMILES string of the molecule is Cc1ccc(-c2ncc(P)n2Cc2ccccc2OCCCCCC(=O)O)cc1. The van der Waals surface area contributed by atoms with Crippen molar-refractivity contribution in [2.75, 3.05) is 6.61 Å². The van der Waals surface area contributed by atoms with Crippen LogP contribution in [-0.4, -0.2) is 27.2 Å².